The zero-order chi connectivity index (χ0) is 40.4. The van der Waals surface area contributed by atoms with Crippen LogP contribution in [0.2, 0.25) is 0 Å². The second-order valence-corrected chi connectivity index (χ2v) is 18.0. The fourth-order valence-corrected chi connectivity index (χ4v) is 13.1. The highest BCUT2D eigenvalue weighted by Crippen LogP contribution is 2.63. The van der Waals surface area contributed by atoms with E-state index >= 15 is 0 Å². The molecule has 0 N–H and O–H groups in total. The van der Waals surface area contributed by atoms with Gasteiger partial charge in [-0.3, -0.25) is 9.59 Å². The minimum Gasteiger partial charge on any atom is -0.289 e. The maximum atomic E-state index is 13.7. The molecule has 0 unspecified atom stereocenters. The molecule has 10 rings (SSSR count). The van der Waals surface area contributed by atoms with Gasteiger partial charge in [0.05, 0.1) is 9.40 Å². The molecular weight excluding hydrogens is 753 g/mol. The van der Waals surface area contributed by atoms with Crippen molar-refractivity contribution in [2.24, 2.45) is 0 Å². The minimum absolute atomic E-state index is 0.0786. The molecule has 0 fully saturated rings. The second-order valence-electron chi connectivity index (χ2n) is 15.9. The molecule has 0 saturated heterocycles. The van der Waals surface area contributed by atoms with Gasteiger partial charge in [0.1, 0.15) is 35.4 Å². The number of hydrogen-bond donors (Lipinski definition) is 0. The summed E-state index contributed by atoms with van der Waals surface area (Å²) in [4.78, 5) is 29.8. The smallest absolute Gasteiger partial charge is 0.194 e. The SMILES string of the molecule is CC1(C)c2cc(/C=C3\C(=O)c4ccccc4C3=C(C#N)C#N)ccc2-c2sc3c4c(sc3c21)-c1ccc(/C=C2\C(=O)c3ccccc3C2=C(C#N)C#N)cc1C4(C)C. The van der Waals surface area contributed by atoms with E-state index in [4.69, 9.17) is 0 Å². The van der Waals surface area contributed by atoms with E-state index in [2.05, 4.69) is 52.0 Å². The van der Waals surface area contributed by atoms with Crippen molar-refractivity contribution in [3.8, 4) is 45.2 Å². The van der Waals surface area contributed by atoms with E-state index in [1.807, 2.05) is 83.4 Å². The first-order chi connectivity index (χ1) is 27.9. The van der Waals surface area contributed by atoms with Crippen LogP contribution in [-0.2, 0) is 10.8 Å². The Hall–Kier alpha value is -7.20. The zero-order valence-electron chi connectivity index (χ0n) is 31.7. The van der Waals surface area contributed by atoms with Gasteiger partial charge in [0, 0.05) is 54.0 Å². The average Bonchev–Trinajstić information content (AvgIpc) is 4.01. The topological polar surface area (TPSA) is 129 Å². The molecule has 6 aromatic rings. The van der Waals surface area contributed by atoms with Crippen LogP contribution in [0.25, 0.3) is 53.6 Å². The van der Waals surface area contributed by atoms with Gasteiger partial charge in [-0.15, -0.1) is 22.7 Å². The predicted octanol–water partition coefficient (Wildman–Crippen LogP) is 11.7. The Bertz CT molecular complexity index is 3060. The third-order valence-electron chi connectivity index (χ3n) is 12.2. The van der Waals surface area contributed by atoms with Gasteiger partial charge in [0.25, 0.3) is 0 Å². The third-order valence-corrected chi connectivity index (χ3v) is 14.8. The molecule has 4 aliphatic rings. The van der Waals surface area contributed by atoms with Crippen molar-refractivity contribution in [2.75, 3.05) is 0 Å². The van der Waals surface area contributed by atoms with Crippen LogP contribution in [0.3, 0.4) is 0 Å². The van der Waals surface area contributed by atoms with Gasteiger partial charge in [-0.1, -0.05) is 113 Å². The van der Waals surface area contributed by atoms with Crippen LogP contribution in [0.15, 0.2) is 107 Å². The molecule has 0 atom stereocenters. The summed E-state index contributed by atoms with van der Waals surface area (Å²) in [5.74, 6) is -0.388. The number of benzene rings is 4. The molecule has 2 heterocycles. The van der Waals surface area contributed by atoms with Crippen molar-refractivity contribution in [1.82, 2.24) is 0 Å². The normalized spacial score (nSPS) is 17.2. The lowest BCUT2D eigenvalue weighted by Gasteiger charge is -2.23. The highest BCUT2D eigenvalue weighted by molar-refractivity contribution is 7.32. The summed E-state index contributed by atoms with van der Waals surface area (Å²) in [5.41, 5.74) is 11.8. The fraction of sp³-hybridized carbons (Fsp3) is 0.120. The van der Waals surface area contributed by atoms with Gasteiger partial charge in [0.15, 0.2) is 11.6 Å². The first kappa shape index (κ1) is 35.2. The summed E-state index contributed by atoms with van der Waals surface area (Å²) < 4.78 is 2.56. The average molecular weight is 781 g/mol. The van der Waals surface area contributed by atoms with E-state index < -0.39 is 0 Å². The van der Waals surface area contributed by atoms with E-state index in [1.54, 1.807) is 36.4 Å². The number of ketones is 2. The largest absolute Gasteiger partial charge is 0.289 e. The van der Waals surface area contributed by atoms with Crippen molar-refractivity contribution in [3.63, 3.8) is 0 Å². The molecule has 0 bridgehead atoms. The summed E-state index contributed by atoms with van der Waals surface area (Å²) in [5, 5.41) is 39.3. The molecule has 4 aromatic carbocycles. The van der Waals surface area contributed by atoms with Crippen LogP contribution in [0.4, 0.5) is 0 Å². The van der Waals surface area contributed by atoms with E-state index in [1.165, 1.54) is 41.4 Å². The summed E-state index contributed by atoms with van der Waals surface area (Å²) in [6, 6.07) is 34.9. The Labute approximate surface area is 342 Å². The molecule has 0 aliphatic heterocycles. The maximum Gasteiger partial charge on any atom is 0.194 e. The van der Waals surface area contributed by atoms with Crippen molar-refractivity contribution in [1.29, 1.82) is 21.0 Å². The predicted molar refractivity (Wildman–Crippen MR) is 229 cm³/mol. The van der Waals surface area contributed by atoms with Gasteiger partial charge < -0.3 is 0 Å². The molecule has 0 radical (unpaired) electrons. The summed E-state index contributed by atoms with van der Waals surface area (Å²) >= 11 is 3.65. The highest BCUT2D eigenvalue weighted by Gasteiger charge is 2.45. The molecule has 6 nitrogen and oxygen atoms in total. The second kappa shape index (κ2) is 12.1. The Morgan fingerprint density at radius 1 is 0.517 bits per heavy atom. The van der Waals surface area contributed by atoms with E-state index in [-0.39, 0.29) is 33.5 Å². The number of nitrogens with zero attached hydrogens (tertiary/aromatic N) is 4. The fourth-order valence-electron chi connectivity index (χ4n) is 9.48. The van der Waals surface area contributed by atoms with Crippen LogP contribution >= 0.6 is 22.7 Å². The Balaban J connectivity index is 1.05. The number of allylic oxidation sites excluding steroid dienone is 6. The van der Waals surface area contributed by atoms with E-state index in [9.17, 15) is 30.6 Å². The van der Waals surface area contributed by atoms with E-state index in [0.29, 0.717) is 44.5 Å². The first-order valence-electron chi connectivity index (χ1n) is 18.7. The first-order valence-corrected chi connectivity index (χ1v) is 20.3. The van der Waals surface area contributed by atoms with E-state index in [0.717, 1.165) is 22.3 Å². The summed E-state index contributed by atoms with van der Waals surface area (Å²) in [6.45, 7) is 9.02. The Morgan fingerprint density at radius 2 is 0.879 bits per heavy atom. The van der Waals surface area contributed by atoms with Crippen LogP contribution in [0, 0.1) is 45.3 Å². The van der Waals surface area contributed by atoms with Crippen molar-refractivity contribution in [2.45, 2.75) is 38.5 Å². The van der Waals surface area contributed by atoms with Gasteiger partial charge in [-0.2, -0.15) is 21.0 Å². The number of carbonyl (C=O) groups is 2. The van der Waals surface area contributed by atoms with Crippen LogP contribution in [0.1, 0.15) is 92.9 Å². The lowest BCUT2D eigenvalue weighted by molar-refractivity contribution is 0.103. The number of nitriles is 4. The molecular formula is C50H28N4O2S2. The monoisotopic (exact) mass is 780 g/mol. The molecule has 58 heavy (non-hydrogen) atoms. The highest BCUT2D eigenvalue weighted by atomic mass is 32.1. The van der Waals surface area contributed by atoms with Crippen LogP contribution in [0.5, 0.6) is 0 Å². The molecule has 0 spiro atoms. The van der Waals surface area contributed by atoms with Crippen molar-refractivity contribution < 1.29 is 9.59 Å². The molecule has 8 heteroatoms. The van der Waals surface area contributed by atoms with Gasteiger partial charge in [0.2, 0.25) is 0 Å². The number of thiophene rings is 2. The van der Waals surface area contributed by atoms with Crippen molar-refractivity contribution >= 4 is 66.9 Å². The van der Waals surface area contributed by atoms with Gasteiger partial charge >= 0.3 is 0 Å². The molecule has 2 aromatic heterocycles. The summed E-state index contributed by atoms with van der Waals surface area (Å²) in [6.07, 6.45) is 3.64. The van der Waals surface area contributed by atoms with Crippen molar-refractivity contribution in [3.05, 3.63) is 163 Å². The summed E-state index contributed by atoms with van der Waals surface area (Å²) in [7, 11) is 0. The quantitative estimate of drug-likeness (QED) is 0.127. The molecule has 4 aliphatic carbocycles. The standard InChI is InChI=1S/C50H28N4O2S2/c1-49(2)37-19-25(17-35-39(27(21-51)22-52)29-9-5-7-11-31(29)43(35)55)13-15-33(37)45-41(49)47-48(57-45)42-46(58-47)34-16-14-26(20-38(34)50(42,3)4)18-36-40(28(23-53)24-54)30-10-6-8-12-32(30)44(36)56/h5-20H,1-4H3/b35-17-,36-18-. The van der Waals surface area contributed by atoms with Gasteiger partial charge in [-0.25, -0.2) is 0 Å². The molecule has 272 valence electrons. The number of hydrogen-bond acceptors (Lipinski definition) is 8. The number of rotatable bonds is 2. The number of fused-ring (bicyclic) bond motifs is 11. The zero-order valence-corrected chi connectivity index (χ0v) is 33.3. The maximum absolute atomic E-state index is 13.7. The molecule has 0 saturated carbocycles. The molecule has 0 amide bonds. The number of Topliss-reactive ketones (excluding diaryl/α,β-unsaturated/α-hetero) is 2. The van der Waals surface area contributed by atoms with Crippen LogP contribution in [-0.4, -0.2) is 11.6 Å². The number of carbonyl (C=O) groups excluding carboxylic acids is 2. The third kappa shape index (κ3) is 4.54. The lowest BCUT2D eigenvalue weighted by atomic mass is 9.80. The minimum atomic E-state index is -0.340. The van der Waals surface area contributed by atoms with Crippen LogP contribution < -0.4 is 0 Å². The van der Waals surface area contributed by atoms with Gasteiger partial charge in [-0.05, 0) is 67.8 Å². The lowest BCUT2D eigenvalue weighted by Crippen LogP contribution is -2.16. The Kier molecular flexibility index (Phi) is 7.38. The Morgan fingerprint density at radius 3 is 1.24 bits per heavy atom.